The predicted octanol–water partition coefficient (Wildman–Crippen LogP) is 4.10. The van der Waals surface area contributed by atoms with E-state index in [1.807, 2.05) is 0 Å². The minimum atomic E-state index is -3.52. The fraction of sp³-hybridized carbons (Fsp3) is 0.350. The van der Waals surface area contributed by atoms with Crippen LogP contribution < -0.4 is 10.6 Å². The summed E-state index contributed by atoms with van der Waals surface area (Å²) in [4.78, 5) is 12.4. The SMILES string of the molecule is O=C(NCC[C@@H]1CCCCN1S(=O)(=O)c1ccccc1)Nc1ccc(Cl)cc1. The third-order valence-corrected chi connectivity index (χ3v) is 7.01. The molecule has 1 saturated heterocycles. The number of carbonyl (C=O) groups excluding carboxylic acids is 1. The lowest BCUT2D eigenvalue weighted by Crippen LogP contribution is -2.45. The Morgan fingerprint density at radius 1 is 1.07 bits per heavy atom. The van der Waals surface area contributed by atoms with Gasteiger partial charge < -0.3 is 10.6 Å². The van der Waals surface area contributed by atoms with Crippen LogP contribution in [0.5, 0.6) is 0 Å². The smallest absolute Gasteiger partial charge is 0.319 e. The Morgan fingerprint density at radius 2 is 1.79 bits per heavy atom. The van der Waals surface area contributed by atoms with Crippen molar-refractivity contribution in [3.63, 3.8) is 0 Å². The van der Waals surface area contributed by atoms with Crippen LogP contribution in [0, 0.1) is 0 Å². The third-order valence-electron chi connectivity index (χ3n) is 4.79. The highest BCUT2D eigenvalue weighted by Crippen LogP contribution is 2.26. The molecule has 150 valence electrons. The minimum Gasteiger partial charge on any atom is -0.338 e. The number of nitrogens with one attached hydrogen (secondary N) is 2. The molecule has 2 aromatic carbocycles. The van der Waals surface area contributed by atoms with Crippen molar-refractivity contribution in [2.24, 2.45) is 0 Å². The Kier molecular flexibility index (Phi) is 6.93. The first-order valence-corrected chi connectivity index (χ1v) is 11.2. The van der Waals surface area contributed by atoms with E-state index < -0.39 is 10.0 Å². The highest BCUT2D eigenvalue weighted by atomic mass is 35.5. The van der Waals surface area contributed by atoms with Crippen LogP contribution in [0.15, 0.2) is 59.5 Å². The van der Waals surface area contributed by atoms with E-state index >= 15 is 0 Å². The van der Waals surface area contributed by atoms with Gasteiger partial charge in [-0.25, -0.2) is 13.2 Å². The molecule has 0 saturated carbocycles. The van der Waals surface area contributed by atoms with Crippen LogP contribution in [0.25, 0.3) is 0 Å². The average molecular weight is 422 g/mol. The molecule has 0 radical (unpaired) electrons. The molecule has 1 heterocycles. The molecule has 0 bridgehead atoms. The van der Waals surface area contributed by atoms with Crippen LogP contribution in [0.3, 0.4) is 0 Å². The summed E-state index contributed by atoms with van der Waals surface area (Å²) >= 11 is 5.83. The van der Waals surface area contributed by atoms with E-state index in [0.29, 0.717) is 35.1 Å². The van der Waals surface area contributed by atoms with Gasteiger partial charge >= 0.3 is 6.03 Å². The molecule has 1 aliphatic rings. The number of halogens is 1. The largest absolute Gasteiger partial charge is 0.338 e. The number of benzene rings is 2. The lowest BCUT2D eigenvalue weighted by Gasteiger charge is -2.34. The molecule has 0 aliphatic carbocycles. The number of hydrogen-bond acceptors (Lipinski definition) is 3. The third kappa shape index (κ3) is 5.25. The molecule has 1 aliphatic heterocycles. The van der Waals surface area contributed by atoms with Gasteiger partial charge in [-0.3, -0.25) is 0 Å². The van der Waals surface area contributed by atoms with Gasteiger partial charge in [-0.2, -0.15) is 4.31 Å². The van der Waals surface area contributed by atoms with E-state index in [-0.39, 0.29) is 12.1 Å². The van der Waals surface area contributed by atoms with E-state index in [9.17, 15) is 13.2 Å². The van der Waals surface area contributed by atoms with Crippen LogP contribution >= 0.6 is 11.6 Å². The van der Waals surface area contributed by atoms with Gasteiger partial charge in [0.25, 0.3) is 0 Å². The molecular formula is C20H24ClN3O3S. The van der Waals surface area contributed by atoms with Crippen molar-refractivity contribution in [3.05, 3.63) is 59.6 Å². The number of anilines is 1. The highest BCUT2D eigenvalue weighted by molar-refractivity contribution is 7.89. The molecule has 8 heteroatoms. The van der Waals surface area contributed by atoms with Crippen molar-refractivity contribution in [1.82, 2.24) is 9.62 Å². The summed E-state index contributed by atoms with van der Waals surface area (Å²) in [6, 6.07) is 14.9. The second kappa shape index (κ2) is 9.41. The summed E-state index contributed by atoms with van der Waals surface area (Å²) in [6.07, 6.45) is 3.21. The van der Waals surface area contributed by atoms with E-state index in [0.717, 1.165) is 19.3 Å². The number of hydrogen-bond donors (Lipinski definition) is 2. The molecule has 0 unspecified atom stereocenters. The average Bonchev–Trinajstić information content (AvgIpc) is 2.71. The summed E-state index contributed by atoms with van der Waals surface area (Å²) in [6.45, 7) is 0.907. The second-order valence-electron chi connectivity index (χ2n) is 6.75. The highest BCUT2D eigenvalue weighted by Gasteiger charge is 2.33. The summed E-state index contributed by atoms with van der Waals surface area (Å²) in [5.74, 6) is 0. The van der Waals surface area contributed by atoms with Gasteiger partial charge in [0.15, 0.2) is 0 Å². The van der Waals surface area contributed by atoms with Gasteiger partial charge in [-0.1, -0.05) is 36.2 Å². The zero-order valence-corrected chi connectivity index (χ0v) is 17.0. The van der Waals surface area contributed by atoms with Crippen LogP contribution in [0.4, 0.5) is 10.5 Å². The summed E-state index contributed by atoms with van der Waals surface area (Å²) in [5, 5.41) is 6.13. The van der Waals surface area contributed by atoms with E-state index in [4.69, 9.17) is 11.6 Å². The number of rotatable bonds is 6. The molecule has 1 atom stereocenters. The van der Waals surface area contributed by atoms with Gasteiger partial charge in [0.05, 0.1) is 4.90 Å². The molecule has 28 heavy (non-hydrogen) atoms. The standard InChI is InChI=1S/C20H24ClN3O3S/c21-16-9-11-17(12-10-16)23-20(25)22-14-13-18-6-4-5-15-24(18)28(26,27)19-7-2-1-3-8-19/h1-3,7-12,18H,4-6,13-15H2,(H2,22,23,25)/t18-/m0/s1. The van der Waals surface area contributed by atoms with Crippen molar-refractivity contribution >= 4 is 33.3 Å². The van der Waals surface area contributed by atoms with E-state index in [1.165, 1.54) is 0 Å². The monoisotopic (exact) mass is 421 g/mol. The molecule has 6 nitrogen and oxygen atoms in total. The molecule has 2 amide bonds. The van der Waals surface area contributed by atoms with E-state index in [1.54, 1.807) is 58.9 Å². The number of urea groups is 1. The zero-order valence-electron chi connectivity index (χ0n) is 15.5. The quantitative estimate of drug-likeness (QED) is 0.737. The van der Waals surface area contributed by atoms with Gasteiger partial charge in [0.1, 0.15) is 0 Å². The summed E-state index contributed by atoms with van der Waals surface area (Å²) < 4.78 is 27.5. The fourth-order valence-electron chi connectivity index (χ4n) is 3.37. The van der Waals surface area contributed by atoms with E-state index in [2.05, 4.69) is 10.6 Å². The number of sulfonamides is 1. The van der Waals surface area contributed by atoms with Crippen molar-refractivity contribution in [3.8, 4) is 0 Å². The van der Waals surface area contributed by atoms with Crippen LogP contribution in [-0.2, 0) is 10.0 Å². The lowest BCUT2D eigenvalue weighted by atomic mass is 10.0. The Morgan fingerprint density at radius 3 is 2.50 bits per heavy atom. The summed E-state index contributed by atoms with van der Waals surface area (Å²) in [5.41, 5.74) is 0.646. The summed E-state index contributed by atoms with van der Waals surface area (Å²) in [7, 11) is -3.52. The van der Waals surface area contributed by atoms with Crippen LogP contribution in [0.1, 0.15) is 25.7 Å². The molecule has 2 aromatic rings. The van der Waals surface area contributed by atoms with Crippen molar-refractivity contribution in [2.75, 3.05) is 18.4 Å². The van der Waals surface area contributed by atoms with Gasteiger partial charge in [-0.15, -0.1) is 0 Å². The Balaban J connectivity index is 1.56. The lowest BCUT2D eigenvalue weighted by molar-refractivity contribution is 0.234. The molecule has 0 aromatic heterocycles. The number of amides is 2. The van der Waals surface area contributed by atoms with Crippen molar-refractivity contribution in [1.29, 1.82) is 0 Å². The normalized spacial score (nSPS) is 17.8. The van der Waals surface area contributed by atoms with Gasteiger partial charge in [0.2, 0.25) is 10.0 Å². The molecule has 3 rings (SSSR count). The zero-order chi connectivity index (χ0) is 20.0. The minimum absolute atomic E-state index is 0.116. The fourth-order valence-corrected chi connectivity index (χ4v) is 5.24. The molecular weight excluding hydrogens is 398 g/mol. The predicted molar refractivity (Wildman–Crippen MR) is 111 cm³/mol. The van der Waals surface area contributed by atoms with Crippen LogP contribution in [-0.4, -0.2) is 37.9 Å². The van der Waals surface area contributed by atoms with Crippen molar-refractivity contribution < 1.29 is 13.2 Å². The first-order chi connectivity index (χ1) is 13.5. The molecule has 1 fully saturated rings. The first-order valence-electron chi connectivity index (χ1n) is 9.34. The second-order valence-corrected chi connectivity index (χ2v) is 9.08. The topological polar surface area (TPSA) is 78.5 Å². The molecule has 0 spiro atoms. The molecule has 2 N–H and O–H groups in total. The van der Waals surface area contributed by atoms with Gasteiger partial charge in [-0.05, 0) is 55.7 Å². The maximum atomic E-state index is 13.0. The maximum absolute atomic E-state index is 13.0. The van der Waals surface area contributed by atoms with Crippen LogP contribution in [0.2, 0.25) is 5.02 Å². The van der Waals surface area contributed by atoms with Gasteiger partial charge in [0, 0.05) is 29.8 Å². The maximum Gasteiger partial charge on any atom is 0.319 e. The van der Waals surface area contributed by atoms with Crippen molar-refractivity contribution in [2.45, 2.75) is 36.6 Å². The number of carbonyl (C=O) groups is 1. The number of nitrogens with zero attached hydrogens (tertiary/aromatic N) is 1. The Bertz CT molecular complexity index is 889. The Hall–Kier alpha value is -2.09. The number of piperidine rings is 1. The Labute approximate surface area is 170 Å². The first kappa shape index (κ1) is 20.6.